The van der Waals surface area contributed by atoms with E-state index in [0.29, 0.717) is 12.4 Å². The average molecular weight is 207 g/mol. The summed E-state index contributed by atoms with van der Waals surface area (Å²) in [6.07, 6.45) is 5.24. The lowest BCUT2D eigenvalue weighted by Gasteiger charge is -2.18. The summed E-state index contributed by atoms with van der Waals surface area (Å²) >= 11 is 0. The van der Waals surface area contributed by atoms with Gasteiger partial charge in [0.15, 0.2) is 5.82 Å². The molecule has 0 saturated carbocycles. The molecule has 0 aliphatic heterocycles. The third-order valence-corrected chi connectivity index (χ3v) is 2.33. The van der Waals surface area contributed by atoms with Gasteiger partial charge >= 0.3 is 0 Å². The molecule has 82 valence electrons. The van der Waals surface area contributed by atoms with Gasteiger partial charge in [-0.25, -0.2) is 0 Å². The van der Waals surface area contributed by atoms with Gasteiger partial charge in [0.2, 0.25) is 5.89 Å². The van der Waals surface area contributed by atoms with Crippen LogP contribution in [0.15, 0.2) is 4.52 Å². The fourth-order valence-electron chi connectivity index (χ4n) is 1.12. The third kappa shape index (κ3) is 2.80. The summed E-state index contributed by atoms with van der Waals surface area (Å²) in [7, 11) is 1.93. The molecular formula is C11H17N3O. The van der Waals surface area contributed by atoms with E-state index < -0.39 is 0 Å². The molecule has 1 aromatic heterocycles. The molecular weight excluding hydrogens is 190 g/mol. The number of hydrogen-bond donors (Lipinski definition) is 0. The highest BCUT2D eigenvalue weighted by Gasteiger charge is 2.18. The minimum Gasteiger partial charge on any atom is -0.338 e. The van der Waals surface area contributed by atoms with Gasteiger partial charge < -0.3 is 4.52 Å². The van der Waals surface area contributed by atoms with Crippen molar-refractivity contribution in [2.24, 2.45) is 0 Å². The molecule has 0 aliphatic rings. The summed E-state index contributed by atoms with van der Waals surface area (Å²) in [4.78, 5) is 6.31. The molecule has 1 heterocycles. The highest BCUT2D eigenvalue weighted by Crippen LogP contribution is 2.18. The molecule has 4 nitrogen and oxygen atoms in total. The van der Waals surface area contributed by atoms with Crippen LogP contribution in [0, 0.1) is 12.3 Å². The van der Waals surface area contributed by atoms with Crippen molar-refractivity contribution >= 4 is 0 Å². The van der Waals surface area contributed by atoms with Crippen LogP contribution in [0.3, 0.4) is 0 Å². The molecule has 1 rings (SSSR count). The fraction of sp³-hybridized carbons (Fsp3) is 0.636. The van der Waals surface area contributed by atoms with Gasteiger partial charge in [-0.05, 0) is 14.0 Å². The molecule has 0 N–H and O–H groups in total. The highest BCUT2D eigenvalue weighted by molar-refractivity contribution is 4.97. The number of rotatable bonds is 4. The number of nitrogens with zero attached hydrogens (tertiary/aromatic N) is 3. The maximum atomic E-state index is 5.24. The van der Waals surface area contributed by atoms with E-state index >= 15 is 0 Å². The van der Waals surface area contributed by atoms with Crippen molar-refractivity contribution in [3.05, 3.63) is 11.7 Å². The second-order valence-corrected chi connectivity index (χ2v) is 3.94. The molecule has 0 spiro atoms. The molecule has 0 fully saturated rings. The first-order valence-electron chi connectivity index (χ1n) is 5.03. The van der Waals surface area contributed by atoms with Crippen LogP contribution >= 0.6 is 0 Å². The van der Waals surface area contributed by atoms with Gasteiger partial charge in [0.25, 0.3) is 0 Å². The van der Waals surface area contributed by atoms with Gasteiger partial charge in [0.05, 0.1) is 12.6 Å². The maximum Gasteiger partial charge on any atom is 0.243 e. The van der Waals surface area contributed by atoms with E-state index in [-0.39, 0.29) is 12.0 Å². The van der Waals surface area contributed by atoms with E-state index in [2.05, 4.69) is 16.1 Å². The quantitative estimate of drug-likeness (QED) is 0.706. The van der Waals surface area contributed by atoms with Crippen molar-refractivity contribution in [3.63, 3.8) is 0 Å². The summed E-state index contributed by atoms with van der Waals surface area (Å²) in [6, 6.07) is 0.0565. The van der Waals surface area contributed by atoms with Crippen LogP contribution < -0.4 is 0 Å². The maximum absolute atomic E-state index is 5.24. The van der Waals surface area contributed by atoms with Crippen LogP contribution in [0.5, 0.6) is 0 Å². The monoisotopic (exact) mass is 207 g/mol. The minimum absolute atomic E-state index is 0.0565. The largest absolute Gasteiger partial charge is 0.338 e. The number of aromatic nitrogens is 2. The number of terminal acetylenes is 1. The van der Waals surface area contributed by atoms with Crippen LogP contribution in [0.2, 0.25) is 0 Å². The van der Waals surface area contributed by atoms with Gasteiger partial charge in [0, 0.05) is 5.92 Å². The van der Waals surface area contributed by atoms with Gasteiger partial charge in [-0.2, -0.15) is 4.98 Å². The van der Waals surface area contributed by atoms with Crippen molar-refractivity contribution in [3.8, 4) is 12.3 Å². The zero-order chi connectivity index (χ0) is 11.4. The topological polar surface area (TPSA) is 42.2 Å². The lowest BCUT2D eigenvalue weighted by Crippen LogP contribution is -2.22. The van der Waals surface area contributed by atoms with E-state index in [0.717, 1.165) is 5.82 Å². The van der Waals surface area contributed by atoms with Crippen LogP contribution in [0.4, 0.5) is 0 Å². The zero-order valence-electron chi connectivity index (χ0n) is 9.69. The highest BCUT2D eigenvalue weighted by atomic mass is 16.5. The molecule has 4 heteroatoms. The first-order chi connectivity index (χ1) is 7.06. The van der Waals surface area contributed by atoms with Crippen molar-refractivity contribution in [2.45, 2.75) is 32.7 Å². The Labute approximate surface area is 90.7 Å². The molecule has 0 bridgehead atoms. The summed E-state index contributed by atoms with van der Waals surface area (Å²) in [5.41, 5.74) is 0. The standard InChI is InChI=1S/C11H17N3O/c1-6-7-14(5)9(4)11-12-10(8(2)3)13-15-11/h1,8-9H,7H2,2-5H3/t9-/m1/s1. The summed E-state index contributed by atoms with van der Waals surface area (Å²) < 4.78 is 5.18. The van der Waals surface area contributed by atoms with E-state index in [9.17, 15) is 0 Å². The number of hydrogen-bond acceptors (Lipinski definition) is 4. The van der Waals surface area contributed by atoms with Crippen LogP contribution in [0.1, 0.15) is 44.4 Å². The lowest BCUT2D eigenvalue weighted by molar-refractivity contribution is 0.229. The van der Waals surface area contributed by atoms with Crippen molar-refractivity contribution in [2.75, 3.05) is 13.6 Å². The van der Waals surface area contributed by atoms with Crippen LogP contribution in [0.25, 0.3) is 0 Å². The Balaban J connectivity index is 2.74. The molecule has 0 radical (unpaired) electrons. The fourth-order valence-corrected chi connectivity index (χ4v) is 1.12. The minimum atomic E-state index is 0.0565. The lowest BCUT2D eigenvalue weighted by atomic mass is 10.2. The molecule has 1 aromatic rings. The zero-order valence-corrected chi connectivity index (χ0v) is 9.69. The van der Waals surface area contributed by atoms with Gasteiger partial charge in [0.1, 0.15) is 0 Å². The predicted octanol–water partition coefficient (Wildman–Crippen LogP) is 1.82. The summed E-state index contributed by atoms with van der Waals surface area (Å²) in [5.74, 6) is 4.23. The Morgan fingerprint density at radius 3 is 2.60 bits per heavy atom. The van der Waals surface area contributed by atoms with E-state index in [4.69, 9.17) is 10.9 Å². The smallest absolute Gasteiger partial charge is 0.243 e. The van der Waals surface area contributed by atoms with Gasteiger partial charge in [-0.15, -0.1) is 6.42 Å². The Kier molecular flexibility index (Phi) is 3.87. The predicted molar refractivity (Wildman–Crippen MR) is 58.3 cm³/mol. The molecule has 1 atom stereocenters. The van der Waals surface area contributed by atoms with Gasteiger partial charge in [-0.3, -0.25) is 4.90 Å². The van der Waals surface area contributed by atoms with Crippen molar-refractivity contribution < 1.29 is 4.52 Å². The van der Waals surface area contributed by atoms with Crippen LogP contribution in [-0.4, -0.2) is 28.6 Å². The molecule has 0 amide bonds. The summed E-state index contributed by atoms with van der Waals surface area (Å²) in [5, 5.41) is 3.91. The van der Waals surface area contributed by atoms with Crippen LogP contribution in [-0.2, 0) is 0 Å². The second kappa shape index (κ2) is 4.94. The Bertz CT molecular complexity index is 351. The Hall–Kier alpha value is -1.34. The van der Waals surface area contributed by atoms with Crippen molar-refractivity contribution in [1.82, 2.24) is 15.0 Å². The average Bonchev–Trinajstić information content (AvgIpc) is 2.65. The SMILES string of the molecule is C#CCN(C)[C@H](C)c1nc(C(C)C)no1. The Morgan fingerprint density at radius 2 is 2.13 bits per heavy atom. The van der Waals surface area contributed by atoms with E-state index in [1.165, 1.54) is 0 Å². The van der Waals surface area contributed by atoms with E-state index in [1.807, 2.05) is 32.7 Å². The first-order valence-corrected chi connectivity index (χ1v) is 5.03. The van der Waals surface area contributed by atoms with Gasteiger partial charge in [-0.1, -0.05) is 24.9 Å². The third-order valence-electron chi connectivity index (χ3n) is 2.33. The summed E-state index contributed by atoms with van der Waals surface area (Å²) in [6.45, 7) is 6.63. The Morgan fingerprint density at radius 1 is 1.47 bits per heavy atom. The molecule has 0 aromatic carbocycles. The second-order valence-electron chi connectivity index (χ2n) is 3.94. The first kappa shape index (κ1) is 11.7. The molecule has 15 heavy (non-hydrogen) atoms. The molecule has 0 unspecified atom stereocenters. The normalized spacial score (nSPS) is 13.1. The van der Waals surface area contributed by atoms with E-state index in [1.54, 1.807) is 0 Å². The van der Waals surface area contributed by atoms with Crippen molar-refractivity contribution in [1.29, 1.82) is 0 Å². The molecule has 0 saturated heterocycles. The molecule has 0 aliphatic carbocycles.